The first-order valence-corrected chi connectivity index (χ1v) is 11.7. The number of para-hydroxylation sites is 1. The van der Waals surface area contributed by atoms with Crippen LogP contribution in [0.15, 0.2) is 65.1 Å². The molecule has 0 saturated carbocycles. The number of carbonyl (C=O) groups excluding carboxylic acids is 1. The van der Waals surface area contributed by atoms with Crippen LogP contribution in [0.1, 0.15) is 10.9 Å². The van der Waals surface area contributed by atoms with E-state index in [0.717, 1.165) is 26.4 Å². The predicted molar refractivity (Wildman–Crippen MR) is 120 cm³/mol. The number of aromatic nitrogens is 4. The number of hydrogen-bond donors (Lipinski definition) is 0. The molecule has 0 fully saturated rings. The maximum Gasteiger partial charge on any atom is 0.217 e. The summed E-state index contributed by atoms with van der Waals surface area (Å²) in [7, 11) is 0. The van der Waals surface area contributed by atoms with Gasteiger partial charge in [-0.1, -0.05) is 65.6 Å². The summed E-state index contributed by atoms with van der Waals surface area (Å²) in [5.41, 5.74) is 2.76. The molecule has 0 aliphatic heterocycles. The molecule has 146 valence electrons. The van der Waals surface area contributed by atoms with Crippen molar-refractivity contribution in [2.24, 2.45) is 0 Å². The summed E-state index contributed by atoms with van der Waals surface area (Å²) in [4.78, 5) is 18.1. The monoisotopic (exact) mass is 447 g/mol. The maximum absolute atomic E-state index is 12.8. The highest BCUT2D eigenvalue weighted by Crippen LogP contribution is 2.31. The molecule has 3 heterocycles. The summed E-state index contributed by atoms with van der Waals surface area (Å²) < 4.78 is 3.07. The SMILES string of the molecule is N#C[C@H](C(=O)CSc1nnc2sc3ccccc3n12)c1nc(-c2ccccc2)cs1. The summed E-state index contributed by atoms with van der Waals surface area (Å²) in [6, 6.07) is 19.8. The number of rotatable bonds is 6. The average Bonchev–Trinajstić information content (AvgIpc) is 3.49. The topological polar surface area (TPSA) is 83.9 Å². The van der Waals surface area contributed by atoms with Crippen molar-refractivity contribution in [3.8, 4) is 17.3 Å². The lowest BCUT2D eigenvalue weighted by Crippen LogP contribution is -2.13. The predicted octanol–water partition coefficient (Wildman–Crippen LogP) is 5.04. The number of benzene rings is 2. The first-order chi connectivity index (χ1) is 14.7. The van der Waals surface area contributed by atoms with Crippen molar-refractivity contribution in [3.63, 3.8) is 0 Å². The normalized spacial score (nSPS) is 12.2. The van der Waals surface area contributed by atoms with Gasteiger partial charge in [0, 0.05) is 10.9 Å². The molecule has 0 spiro atoms. The second-order valence-corrected chi connectivity index (χ2v) is 9.27. The van der Waals surface area contributed by atoms with Crippen molar-refractivity contribution >= 4 is 55.4 Å². The van der Waals surface area contributed by atoms with E-state index >= 15 is 0 Å². The van der Waals surface area contributed by atoms with E-state index < -0.39 is 5.92 Å². The van der Waals surface area contributed by atoms with Gasteiger partial charge >= 0.3 is 0 Å². The van der Waals surface area contributed by atoms with E-state index in [9.17, 15) is 10.1 Å². The van der Waals surface area contributed by atoms with Crippen LogP contribution in [0.3, 0.4) is 0 Å². The third kappa shape index (κ3) is 3.39. The number of Topliss-reactive ketones (excluding diaryl/α,β-unsaturated/α-hetero) is 1. The van der Waals surface area contributed by atoms with Crippen LogP contribution >= 0.6 is 34.4 Å². The molecule has 0 amide bonds. The summed E-state index contributed by atoms with van der Waals surface area (Å²) in [6.45, 7) is 0. The lowest BCUT2D eigenvalue weighted by molar-refractivity contribution is -0.116. The number of ketones is 1. The summed E-state index contributed by atoms with van der Waals surface area (Å²) in [5, 5.41) is 21.1. The standard InChI is InChI=1S/C21H13N5OS3/c22-10-14(19-23-15(11-28-19)13-6-2-1-3-7-13)17(27)12-29-20-24-25-21-26(20)16-8-4-5-9-18(16)30-21/h1-9,11,14H,12H2/t14-/m1/s1. The van der Waals surface area contributed by atoms with Gasteiger partial charge in [-0.3, -0.25) is 9.20 Å². The zero-order chi connectivity index (χ0) is 20.5. The number of thioether (sulfide) groups is 1. The average molecular weight is 448 g/mol. The van der Waals surface area contributed by atoms with Crippen LogP contribution in [0.25, 0.3) is 26.4 Å². The van der Waals surface area contributed by atoms with Crippen molar-refractivity contribution in [3.05, 3.63) is 65.0 Å². The minimum absolute atomic E-state index is 0.128. The van der Waals surface area contributed by atoms with Crippen LogP contribution in [-0.4, -0.2) is 31.1 Å². The van der Waals surface area contributed by atoms with Gasteiger partial charge < -0.3 is 0 Å². The van der Waals surface area contributed by atoms with Crippen LogP contribution in [0.2, 0.25) is 0 Å². The first-order valence-electron chi connectivity index (χ1n) is 9.03. The highest BCUT2D eigenvalue weighted by atomic mass is 32.2. The fourth-order valence-electron chi connectivity index (χ4n) is 3.09. The summed E-state index contributed by atoms with van der Waals surface area (Å²) in [6.07, 6.45) is 0. The van der Waals surface area contributed by atoms with E-state index in [1.165, 1.54) is 23.1 Å². The largest absolute Gasteiger partial charge is 0.297 e. The molecular weight excluding hydrogens is 434 g/mol. The van der Waals surface area contributed by atoms with Gasteiger partial charge in [0.05, 0.1) is 27.7 Å². The molecule has 0 saturated heterocycles. The minimum atomic E-state index is -0.886. The van der Waals surface area contributed by atoms with E-state index in [-0.39, 0.29) is 11.5 Å². The van der Waals surface area contributed by atoms with Gasteiger partial charge in [-0.05, 0) is 12.1 Å². The molecule has 0 aliphatic carbocycles. The molecule has 6 nitrogen and oxygen atoms in total. The molecule has 5 aromatic rings. The summed E-state index contributed by atoms with van der Waals surface area (Å²) in [5.74, 6) is -0.945. The van der Waals surface area contributed by atoms with Crippen molar-refractivity contribution in [1.82, 2.24) is 19.6 Å². The molecule has 0 radical (unpaired) electrons. The van der Waals surface area contributed by atoms with Gasteiger partial charge in [0.2, 0.25) is 4.96 Å². The lowest BCUT2D eigenvalue weighted by Gasteiger charge is -2.04. The maximum atomic E-state index is 12.8. The Kier molecular flexibility index (Phi) is 5.04. The molecule has 0 N–H and O–H groups in total. The van der Waals surface area contributed by atoms with Gasteiger partial charge in [-0.25, -0.2) is 4.98 Å². The Hall–Kier alpha value is -3.06. The van der Waals surface area contributed by atoms with Crippen molar-refractivity contribution in [2.45, 2.75) is 11.1 Å². The molecule has 30 heavy (non-hydrogen) atoms. The fourth-order valence-corrected chi connectivity index (χ4v) is 5.86. The zero-order valence-corrected chi connectivity index (χ0v) is 17.9. The number of fused-ring (bicyclic) bond motifs is 3. The first kappa shape index (κ1) is 18.9. The Morgan fingerprint density at radius 1 is 1.13 bits per heavy atom. The molecule has 5 rings (SSSR count). The van der Waals surface area contributed by atoms with Gasteiger partial charge in [0.1, 0.15) is 5.01 Å². The lowest BCUT2D eigenvalue weighted by atomic mass is 10.1. The fraction of sp³-hybridized carbons (Fsp3) is 0.0952. The van der Waals surface area contributed by atoms with E-state index in [4.69, 9.17) is 0 Å². The van der Waals surface area contributed by atoms with E-state index in [2.05, 4.69) is 21.3 Å². The number of carbonyl (C=O) groups is 1. The van der Waals surface area contributed by atoms with Crippen LogP contribution in [0.5, 0.6) is 0 Å². The van der Waals surface area contributed by atoms with E-state index in [1.807, 2.05) is 64.4 Å². The third-order valence-corrected chi connectivity index (χ3v) is 7.42. The third-order valence-electron chi connectivity index (χ3n) is 4.54. The van der Waals surface area contributed by atoms with Gasteiger partial charge in [-0.15, -0.1) is 21.5 Å². The van der Waals surface area contributed by atoms with Gasteiger partial charge in [0.25, 0.3) is 0 Å². The second kappa shape index (κ2) is 7.99. The molecule has 9 heteroatoms. The van der Waals surface area contributed by atoms with Crippen molar-refractivity contribution < 1.29 is 4.79 Å². The molecular formula is C21H13N5OS3. The quantitative estimate of drug-likeness (QED) is 0.339. The van der Waals surface area contributed by atoms with Crippen LogP contribution in [0, 0.1) is 11.3 Å². The highest BCUT2D eigenvalue weighted by Gasteiger charge is 2.25. The van der Waals surface area contributed by atoms with Gasteiger partial charge in [-0.2, -0.15) is 5.26 Å². The Bertz CT molecular complexity index is 1400. The minimum Gasteiger partial charge on any atom is -0.297 e. The summed E-state index contributed by atoms with van der Waals surface area (Å²) >= 11 is 4.19. The Labute approximate surface area is 183 Å². The van der Waals surface area contributed by atoms with E-state index in [1.54, 1.807) is 11.3 Å². The van der Waals surface area contributed by atoms with Crippen LogP contribution in [0.4, 0.5) is 0 Å². The molecule has 0 aliphatic rings. The van der Waals surface area contributed by atoms with Crippen LogP contribution in [-0.2, 0) is 4.79 Å². The number of thiazole rings is 2. The zero-order valence-electron chi connectivity index (χ0n) is 15.4. The van der Waals surface area contributed by atoms with Crippen molar-refractivity contribution in [2.75, 3.05) is 5.75 Å². The Morgan fingerprint density at radius 2 is 1.93 bits per heavy atom. The van der Waals surface area contributed by atoms with Gasteiger partial charge in [0.15, 0.2) is 16.9 Å². The highest BCUT2D eigenvalue weighted by molar-refractivity contribution is 7.99. The molecule has 0 unspecified atom stereocenters. The second-order valence-electron chi connectivity index (χ2n) is 6.42. The van der Waals surface area contributed by atoms with E-state index in [0.29, 0.717) is 10.2 Å². The number of nitriles is 1. The smallest absolute Gasteiger partial charge is 0.217 e. The van der Waals surface area contributed by atoms with Crippen molar-refractivity contribution in [1.29, 1.82) is 5.26 Å². The molecule has 0 bridgehead atoms. The number of hydrogen-bond acceptors (Lipinski definition) is 8. The molecule has 3 aromatic heterocycles. The number of nitrogens with zero attached hydrogens (tertiary/aromatic N) is 5. The Balaban J connectivity index is 1.35. The molecule has 1 atom stereocenters. The molecule has 2 aromatic carbocycles. The Morgan fingerprint density at radius 3 is 2.77 bits per heavy atom. The van der Waals surface area contributed by atoms with Crippen LogP contribution < -0.4 is 0 Å².